The predicted molar refractivity (Wildman–Crippen MR) is 164 cm³/mol. The molecule has 0 aliphatic heterocycles. The second kappa shape index (κ2) is 9.42. The van der Waals surface area contributed by atoms with Crippen LogP contribution in [0, 0.1) is 6.92 Å². The Morgan fingerprint density at radius 3 is 2.56 bits per heavy atom. The molecular formula is C33H25N5S. The highest BCUT2D eigenvalue weighted by atomic mass is 32.1. The molecule has 7 aromatic rings. The fourth-order valence-corrected chi connectivity index (χ4v) is 5.93. The van der Waals surface area contributed by atoms with Gasteiger partial charge in [-0.3, -0.25) is 10.1 Å². The van der Waals surface area contributed by atoms with Gasteiger partial charge in [-0.1, -0.05) is 55.1 Å². The highest BCUT2D eigenvalue weighted by Gasteiger charge is 2.15. The molecule has 0 aliphatic rings. The molecule has 3 aromatic carbocycles. The first-order valence-corrected chi connectivity index (χ1v) is 13.6. The summed E-state index contributed by atoms with van der Waals surface area (Å²) in [6.07, 6.45) is 3.70. The zero-order valence-corrected chi connectivity index (χ0v) is 22.1. The molecule has 4 aromatic heterocycles. The molecule has 39 heavy (non-hydrogen) atoms. The van der Waals surface area contributed by atoms with E-state index in [1.54, 1.807) is 0 Å². The molecule has 0 aliphatic carbocycles. The van der Waals surface area contributed by atoms with Crippen LogP contribution in [0.25, 0.3) is 60.5 Å². The SMILES string of the molecule is C=C(Nc1cncc(-c2ccc3[nH]nc(-c4cc5c(-c6ccc(C)s6)cccc5[nH]4)c3c2)c1)c1ccccc1. The maximum atomic E-state index is 4.70. The van der Waals surface area contributed by atoms with Crippen molar-refractivity contribution in [2.45, 2.75) is 6.92 Å². The molecule has 0 fully saturated rings. The van der Waals surface area contributed by atoms with E-state index in [9.17, 15) is 0 Å². The maximum absolute atomic E-state index is 4.70. The molecule has 7 rings (SSSR count). The number of pyridine rings is 1. The number of hydrogen-bond donors (Lipinski definition) is 3. The van der Waals surface area contributed by atoms with E-state index in [1.807, 2.05) is 54.1 Å². The summed E-state index contributed by atoms with van der Waals surface area (Å²) in [6.45, 7) is 6.34. The van der Waals surface area contributed by atoms with Crippen LogP contribution in [0.5, 0.6) is 0 Å². The third kappa shape index (κ3) is 4.31. The van der Waals surface area contributed by atoms with E-state index >= 15 is 0 Å². The van der Waals surface area contributed by atoms with Crippen LogP contribution < -0.4 is 5.32 Å². The van der Waals surface area contributed by atoms with Crippen LogP contribution >= 0.6 is 11.3 Å². The molecule has 188 valence electrons. The lowest BCUT2D eigenvalue weighted by Crippen LogP contribution is -1.98. The lowest BCUT2D eigenvalue weighted by Gasteiger charge is -2.11. The van der Waals surface area contributed by atoms with Crippen LogP contribution in [-0.2, 0) is 0 Å². The molecule has 3 N–H and O–H groups in total. The lowest BCUT2D eigenvalue weighted by atomic mass is 10.0. The number of aryl methyl sites for hydroxylation is 1. The molecule has 6 heteroatoms. The highest BCUT2D eigenvalue weighted by molar-refractivity contribution is 7.15. The van der Waals surface area contributed by atoms with Crippen LogP contribution in [0.15, 0.2) is 110 Å². The molecule has 0 atom stereocenters. The standard InChI is InChI=1S/C33H25N5S/c1-20-11-14-32(39-20)26-9-6-10-29-27(26)17-31(36-29)33-28-16-23(12-13-30(28)37-38-33)24-15-25(19-34-18-24)35-21(2)22-7-4-3-5-8-22/h3-19,35-36H,2H2,1H3,(H,37,38). The largest absolute Gasteiger partial charge is 0.354 e. The Kier molecular flexibility index (Phi) is 5.60. The monoisotopic (exact) mass is 523 g/mol. The fraction of sp³-hybridized carbons (Fsp3) is 0.0303. The van der Waals surface area contributed by atoms with Gasteiger partial charge in [-0.25, -0.2) is 0 Å². The lowest BCUT2D eigenvalue weighted by molar-refractivity contribution is 1.12. The Hall–Kier alpha value is -4.94. The number of aromatic amines is 2. The first-order chi connectivity index (χ1) is 19.1. The van der Waals surface area contributed by atoms with Crippen molar-refractivity contribution in [3.63, 3.8) is 0 Å². The van der Waals surface area contributed by atoms with E-state index in [4.69, 9.17) is 5.10 Å². The quantitative estimate of drug-likeness (QED) is 0.204. The third-order valence-corrected chi connectivity index (χ3v) is 8.01. The number of rotatable bonds is 6. The Bertz CT molecular complexity index is 1980. The number of thiophene rings is 1. The van der Waals surface area contributed by atoms with Crippen molar-refractivity contribution in [1.29, 1.82) is 0 Å². The van der Waals surface area contributed by atoms with Crippen molar-refractivity contribution < 1.29 is 0 Å². The number of aromatic nitrogens is 4. The number of benzene rings is 3. The highest BCUT2D eigenvalue weighted by Crippen LogP contribution is 2.37. The Morgan fingerprint density at radius 1 is 0.821 bits per heavy atom. The van der Waals surface area contributed by atoms with Gasteiger partial charge in [-0.05, 0) is 60.5 Å². The van der Waals surface area contributed by atoms with Crippen LogP contribution in [0.3, 0.4) is 0 Å². The maximum Gasteiger partial charge on any atom is 0.116 e. The normalized spacial score (nSPS) is 11.3. The topological polar surface area (TPSA) is 69.4 Å². The van der Waals surface area contributed by atoms with Gasteiger partial charge in [0.15, 0.2) is 0 Å². The summed E-state index contributed by atoms with van der Waals surface area (Å²) < 4.78 is 0. The van der Waals surface area contributed by atoms with Gasteiger partial charge in [0.2, 0.25) is 0 Å². The minimum absolute atomic E-state index is 0.831. The molecule has 0 unspecified atom stereocenters. The Labute approximate surface area is 229 Å². The van der Waals surface area contributed by atoms with Gasteiger partial charge in [-0.15, -0.1) is 11.3 Å². The summed E-state index contributed by atoms with van der Waals surface area (Å²) in [5.41, 5.74) is 10.1. The number of fused-ring (bicyclic) bond motifs is 2. The molecule has 0 saturated heterocycles. The van der Waals surface area contributed by atoms with Crippen LogP contribution in [-0.4, -0.2) is 20.2 Å². The summed E-state index contributed by atoms with van der Waals surface area (Å²) >= 11 is 1.82. The molecule has 0 amide bonds. The summed E-state index contributed by atoms with van der Waals surface area (Å²) in [6, 6.07) is 31.5. The van der Waals surface area contributed by atoms with E-state index in [1.165, 1.54) is 20.7 Å². The fourth-order valence-electron chi connectivity index (χ4n) is 5.03. The molecule has 0 spiro atoms. The number of anilines is 1. The van der Waals surface area contributed by atoms with Gasteiger partial charge in [0.05, 0.1) is 23.1 Å². The Balaban J connectivity index is 1.25. The minimum Gasteiger partial charge on any atom is -0.354 e. The molecule has 0 radical (unpaired) electrons. The average molecular weight is 524 g/mol. The molecule has 4 heterocycles. The van der Waals surface area contributed by atoms with E-state index < -0.39 is 0 Å². The average Bonchev–Trinajstić information content (AvgIpc) is 3.71. The van der Waals surface area contributed by atoms with Gasteiger partial charge in [0.25, 0.3) is 0 Å². The smallest absolute Gasteiger partial charge is 0.116 e. The van der Waals surface area contributed by atoms with Crippen LogP contribution in [0.1, 0.15) is 10.4 Å². The van der Waals surface area contributed by atoms with Gasteiger partial charge < -0.3 is 10.3 Å². The zero-order valence-electron chi connectivity index (χ0n) is 21.3. The van der Waals surface area contributed by atoms with E-state index in [2.05, 4.69) is 94.5 Å². The van der Waals surface area contributed by atoms with Crippen molar-refractivity contribution in [2.24, 2.45) is 0 Å². The first kappa shape index (κ1) is 23.2. The summed E-state index contributed by atoms with van der Waals surface area (Å²) in [4.78, 5) is 10.7. The van der Waals surface area contributed by atoms with E-state index in [0.717, 1.165) is 55.9 Å². The van der Waals surface area contributed by atoms with Crippen LogP contribution in [0.2, 0.25) is 0 Å². The number of nitrogens with one attached hydrogen (secondary N) is 3. The second-order valence-electron chi connectivity index (χ2n) is 9.62. The summed E-state index contributed by atoms with van der Waals surface area (Å²) in [5.74, 6) is 0. The number of hydrogen-bond acceptors (Lipinski definition) is 4. The van der Waals surface area contributed by atoms with Crippen molar-refractivity contribution >= 4 is 44.5 Å². The predicted octanol–water partition coefficient (Wildman–Crippen LogP) is 8.89. The first-order valence-electron chi connectivity index (χ1n) is 12.8. The van der Waals surface area contributed by atoms with E-state index in [0.29, 0.717) is 0 Å². The van der Waals surface area contributed by atoms with Crippen molar-refractivity contribution in [1.82, 2.24) is 20.2 Å². The Morgan fingerprint density at radius 2 is 1.72 bits per heavy atom. The summed E-state index contributed by atoms with van der Waals surface area (Å²) in [5, 5.41) is 13.6. The van der Waals surface area contributed by atoms with Gasteiger partial charge in [-0.2, -0.15) is 5.10 Å². The summed E-state index contributed by atoms with van der Waals surface area (Å²) in [7, 11) is 0. The van der Waals surface area contributed by atoms with Gasteiger partial charge >= 0.3 is 0 Å². The molecule has 0 bridgehead atoms. The van der Waals surface area contributed by atoms with E-state index in [-0.39, 0.29) is 0 Å². The minimum atomic E-state index is 0.831. The van der Waals surface area contributed by atoms with Gasteiger partial charge in [0.1, 0.15) is 5.69 Å². The number of H-pyrrole nitrogens is 2. The zero-order chi connectivity index (χ0) is 26.3. The number of nitrogens with zero attached hydrogens (tertiary/aromatic N) is 2. The van der Waals surface area contributed by atoms with Gasteiger partial charge in [0, 0.05) is 49.1 Å². The van der Waals surface area contributed by atoms with Crippen LogP contribution in [0.4, 0.5) is 5.69 Å². The van der Waals surface area contributed by atoms with Crippen molar-refractivity contribution in [3.8, 4) is 33.0 Å². The molecular weight excluding hydrogens is 498 g/mol. The molecule has 0 saturated carbocycles. The second-order valence-corrected chi connectivity index (χ2v) is 10.9. The van der Waals surface area contributed by atoms with Crippen molar-refractivity contribution in [3.05, 3.63) is 120 Å². The third-order valence-electron chi connectivity index (χ3n) is 6.98. The van der Waals surface area contributed by atoms with Crippen molar-refractivity contribution in [2.75, 3.05) is 5.32 Å². The molecule has 5 nitrogen and oxygen atoms in total.